The molecule has 0 radical (unpaired) electrons. The zero-order chi connectivity index (χ0) is 26.7. The van der Waals surface area contributed by atoms with Crippen LogP contribution in [0, 0.1) is 5.41 Å². The van der Waals surface area contributed by atoms with Crippen LogP contribution in [0.3, 0.4) is 0 Å². The molecule has 0 bridgehead atoms. The quantitative estimate of drug-likeness (QED) is 0.554. The van der Waals surface area contributed by atoms with E-state index in [4.69, 9.17) is 18.9 Å². The van der Waals surface area contributed by atoms with Crippen LogP contribution in [0.25, 0.3) is 0 Å². The van der Waals surface area contributed by atoms with E-state index in [-0.39, 0.29) is 23.7 Å². The largest absolute Gasteiger partial charge is 0.493 e. The number of anilines is 1. The van der Waals surface area contributed by atoms with Crippen molar-refractivity contribution >= 4 is 5.82 Å². The third kappa shape index (κ3) is 4.88. The van der Waals surface area contributed by atoms with E-state index in [1.165, 1.54) is 18.4 Å². The zero-order valence-electron chi connectivity index (χ0n) is 23.2. The average Bonchev–Trinajstić information content (AvgIpc) is 3.56. The highest BCUT2D eigenvalue weighted by Gasteiger charge is 2.51. The molecular weight excluding hydrogens is 482 g/mol. The molecule has 206 valence electrons. The molecule has 1 N–H and O–H groups in total. The Morgan fingerprint density at radius 2 is 1.82 bits per heavy atom. The summed E-state index contributed by atoms with van der Waals surface area (Å²) in [6.45, 7) is 11.6. The van der Waals surface area contributed by atoms with E-state index in [0.717, 1.165) is 55.0 Å². The Kier molecular flexibility index (Phi) is 6.58. The second kappa shape index (κ2) is 9.66. The van der Waals surface area contributed by atoms with Gasteiger partial charge in [-0.25, -0.2) is 4.98 Å². The van der Waals surface area contributed by atoms with Crippen LogP contribution in [-0.2, 0) is 9.47 Å². The van der Waals surface area contributed by atoms with Gasteiger partial charge in [0.1, 0.15) is 18.1 Å². The molecule has 38 heavy (non-hydrogen) atoms. The van der Waals surface area contributed by atoms with Crippen molar-refractivity contribution < 1.29 is 24.1 Å². The molecule has 2 aromatic rings. The van der Waals surface area contributed by atoms with Gasteiger partial charge in [-0.2, -0.15) is 0 Å². The van der Waals surface area contributed by atoms with Gasteiger partial charge in [0.15, 0.2) is 17.3 Å². The number of benzene rings is 1. The van der Waals surface area contributed by atoms with E-state index in [9.17, 15) is 5.11 Å². The highest BCUT2D eigenvalue weighted by molar-refractivity contribution is 5.47. The van der Waals surface area contributed by atoms with Crippen molar-refractivity contribution in [1.29, 1.82) is 0 Å². The third-order valence-electron chi connectivity index (χ3n) is 8.99. The van der Waals surface area contributed by atoms with E-state index in [1.807, 2.05) is 33.0 Å². The van der Waals surface area contributed by atoms with Gasteiger partial charge in [-0.1, -0.05) is 19.1 Å². The number of methoxy groups -OCH3 is 1. The van der Waals surface area contributed by atoms with Crippen LogP contribution >= 0.6 is 0 Å². The van der Waals surface area contributed by atoms with Crippen molar-refractivity contribution in [2.75, 3.05) is 44.8 Å². The van der Waals surface area contributed by atoms with Crippen molar-refractivity contribution in [3.05, 3.63) is 47.7 Å². The van der Waals surface area contributed by atoms with Gasteiger partial charge in [-0.15, -0.1) is 0 Å². The molecule has 4 heterocycles. The van der Waals surface area contributed by atoms with Gasteiger partial charge >= 0.3 is 0 Å². The molecule has 4 fully saturated rings. The lowest BCUT2D eigenvalue weighted by atomic mass is 9.72. The molecule has 8 heteroatoms. The molecule has 4 atom stereocenters. The van der Waals surface area contributed by atoms with Gasteiger partial charge in [-0.3, -0.25) is 4.90 Å². The fraction of sp³-hybridized carbons (Fsp3) is 0.633. The molecule has 4 aliphatic rings. The maximum absolute atomic E-state index is 10.9. The molecule has 3 saturated heterocycles. The van der Waals surface area contributed by atoms with Crippen LogP contribution in [-0.4, -0.2) is 79.1 Å². The summed E-state index contributed by atoms with van der Waals surface area (Å²) in [6, 6.07) is 10.6. The van der Waals surface area contributed by atoms with Gasteiger partial charge in [-0.05, 0) is 68.9 Å². The minimum absolute atomic E-state index is 0.0681. The highest BCUT2D eigenvalue weighted by atomic mass is 16.8. The number of nitrogens with zero attached hydrogens (tertiary/aromatic N) is 3. The number of aliphatic hydroxyl groups is 1. The number of rotatable bonds is 8. The number of ether oxygens (including phenoxy) is 4. The minimum atomic E-state index is -0.587. The van der Waals surface area contributed by atoms with Crippen LogP contribution in [0.2, 0.25) is 0 Å². The topological polar surface area (TPSA) is 76.5 Å². The lowest BCUT2D eigenvalue weighted by molar-refractivity contribution is -0.158. The Bertz CT molecular complexity index is 1150. The summed E-state index contributed by atoms with van der Waals surface area (Å²) in [5.41, 5.74) is 2.15. The van der Waals surface area contributed by atoms with Crippen molar-refractivity contribution in [1.82, 2.24) is 9.88 Å². The zero-order valence-corrected chi connectivity index (χ0v) is 23.2. The Balaban J connectivity index is 1.16. The van der Waals surface area contributed by atoms with E-state index < -0.39 is 11.9 Å². The molecule has 8 nitrogen and oxygen atoms in total. The number of likely N-dealkylation sites (tertiary alicyclic amines) is 1. The van der Waals surface area contributed by atoms with Crippen molar-refractivity contribution in [3.8, 4) is 11.5 Å². The van der Waals surface area contributed by atoms with Crippen LogP contribution in [0.5, 0.6) is 11.5 Å². The Morgan fingerprint density at radius 3 is 2.42 bits per heavy atom. The Hall–Kier alpha value is -2.39. The fourth-order valence-corrected chi connectivity index (χ4v) is 6.16. The monoisotopic (exact) mass is 523 g/mol. The summed E-state index contributed by atoms with van der Waals surface area (Å²) in [7, 11) is 1.68. The number of hydrogen-bond acceptors (Lipinski definition) is 8. The number of pyridine rings is 1. The first-order chi connectivity index (χ1) is 18.1. The highest BCUT2D eigenvalue weighted by Crippen LogP contribution is 2.48. The normalized spacial score (nSPS) is 30.3. The smallest absolute Gasteiger partial charge is 0.165 e. The molecule has 1 aliphatic carbocycles. The average molecular weight is 524 g/mol. The molecule has 1 aromatic heterocycles. The summed E-state index contributed by atoms with van der Waals surface area (Å²) >= 11 is 0. The predicted octanol–water partition coefficient (Wildman–Crippen LogP) is 4.13. The van der Waals surface area contributed by atoms with E-state index in [0.29, 0.717) is 6.61 Å². The van der Waals surface area contributed by atoms with Crippen LogP contribution in [0.15, 0.2) is 36.5 Å². The van der Waals surface area contributed by atoms with E-state index >= 15 is 0 Å². The number of aromatic nitrogens is 1. The summed E-state index contributed by atoms with van der Waals surface area (Å²) < 4.78 is 24.1. The van der Waals surface area contributed by atoms with Crippen LogP contribution < -0.4 is 14.4 Å². The van der Waals surface area contributed by atoms with Crippen molar-refractivity contribution in [2.45, 2.75) is 76.6 Å². The third-order valence-corrected chi connectivity index (χ3v) is 8.99. The van der Waals surface area contributed by atoms with Gasteiger partial charge in [0.25, 0.3) is 0 Å². The first-order valence-electron chi connectivity index (χ1n) is 13.9. The lowest BCUT2D eigenvalue weighted by Gasteiger charge is -2.40. The maximum atomic E-state index is 10.9. The summed E-state index contributed by atoms with van der Waals surface area (Å²) in [5.74, 6) is 2.72. The van der Waals surface area contributed by atoms with E-state index in [2.05, 4.69) is 46.0 Å². The maximum Gasteiger partial charge on any atom is 0.165 e. The van der Waals surface area contributed by atoms with Crippen LogP contribution in [0.4, 0.5) is 5.82 Å². The first-order valence-corrected chi connectivity index (χ1v) is 13.9. The second-order valence-electron chi connectivity index (χ2n) is 12.2. The van der Waals surface area contributed by atoms with Gasteiger partial charge < -0.3 is 29.0 Å². The Labute approximate surface area is 225 Å². The van der Waals surface area contributed by atoms with Crippen molar-refractivity contribution in [2.24, 2.45) is 5.41 Å². The molecule has 0 amide bonds. The summed E-state index contributed by atoms with van der Waals surface area (Å²) in [6.07, 6.45) is 4.07. The predicted molar refractivity (Wildman–Crippen MR) is 145 cm³/mol. The standard InChI is InChI=1S/C30H41N3O5/c1-19(34)30(4)18-33(28-17-36-29(2,3)38-28)16-24(30)21-8-10-25(35-5)26(12-21)37-23-14-32(15-23)27-11-9-22(13-31-27)20-6-7-20/h8-13,19-20,23-24,28,34H,6-7,14-18H2,1-5H3/t19-,24+,28+,30+/m1/s1. The fourth-order valence-electron chi connectivity index (χ4n) is 6.16. The van der Waals surface area contributed by atoms with Gasteiger partial charge in [0.05, 0.1) is 32.9 Å². The SMILES string of the molecule is COc1ccc([C@@H]2CN([C@@H]3COC(C)(C)O3)C[C@@]2(C)[C@@H](C)O)cc1OC1CN(c2ccc(C3CC3)cn2)C1. The summed E-state index contributed by atoms with van der Waals surface area (Å²) in [5, 5.41) is 10.9. The minimum Gasteiger partial charge on any atom is -0.493 e. The number of hydrogen-bond donors (Lipinski definition) is 1. The number of aliphatic hydroxyl groups excluding tert-OH is 1. The Morgan fingerprint density at radius 1 is 1.05 bits per heavy atom. The molecule has 1 saturated carbocycles. The van der Waals surface area contributed by atoms with Crippen LogP contribution in [0.1, 0.15) is 63.5 Å². The van der Waals surface area contributed by atoms with E-state index in [1.54, 1.807) is 7.11 Å². The van der Waals surface area contributed by atoms with Gasteiger partial charge in [0.2, 0.25) is 0 Å². The molecule has 6 rings (SSSR count). The molecule has 0 spiro atoms. The molecule has 1 aromatic carbocycles. The second-order valence-corrected chi connectivity index (χ2v) is 12.2. The lowest BCUT2D eigenvalue weighted by Crippen LogP contribution is -2.54. The summed E-state index contributed by atoms with van der Waals surface area (Å²) in [4.78, 5) is 9.24. The molecule has 0 unspecified atom stereocenters. The van der Waals surface area contributed by atoms with Crippen molar-refractivity contribution in [3.63, 3.8) is 0 Å². The molecular formula is C30H41N3O5. The van der Waals surface area contributed by atoms with Gasteiger partial charge in [0, 0.05) is 30.6 Å². The molecule has 3 aliphatic heterocycles. The first kappa shape index (κ1) is 25.9.